The van der Waals surface area contributed by atoms with E-state index in [0.717, 1.165) is 31.0 Å². The van der Waals surface area contributed by atoms with Crippen LogP contribution >= 0.6 is 0 Å². The summed E-state index contributed by atoms with van der Waals surface area (Å²) in [5, 5.41) is 3.60. The first kappa shape index (κ1) is 21.7. The van der Waals surface area contributed by atoms with Crippen molar-refractivity contribution in [3.05, 3.63) is 89.5 Å². The average molecular weight is 405 g/mol. The van der Waals surface area contributed by atoms with Crippen LogP contribution in [0.15, 0.2) is 72.8 Å². The Hall–Kier alpha value is -2.98. The van der Waals surface area contributed by atoms with E-state index in [2.05, 4.69) is 72.8 Å². The normalized spacial score (nSPS) is 11.7. The first-order valence-corrected chi connectivity index (χ1v) is 10.4. The van der Waals surface area contributed by atoms with Crippen molar-refractivity contribution < 1.29 is 9.47 Å². The Kier molecular flexibility index (Phi) is 7.75. The molecular formula is C26H32N2O2. The van der Waals surface area contributed by atoms with Crippen molar-refractivity contribution in [1.29, 1.82) is 0 Å². The molecule has 3 aromatic carbocycles. The molecule has 0 heterocycles. The highest BCUT2D eigenvalue weighted by atomic mass is 16.5. The number of hydrogen-bond donors (Lipinski definition) is 1. The second kappa shape index (κ2) is 10.7. The molecule has 4 heteroatoms. The number of benzene rings is 3. The highest BCUT2D eigenvalue weighted by molar-refractivity contribution is 5.46. The van der Waals surface area contributed by atoms with Gasteiger partial charge in [0.15, 0.2) is 0 Å². The van der Waals surface area contributed by atoms with Crippen molar-refractivity contribution in [3.63, 3.8) is 0 Å². The molecule has 0 saturated heterocycles. The summed E-state index contributed by atoms with van der Waals surface area (Å²) in [5.41, 5.74) is 4.98. The number of nitrogens with one attached hydrogen (secondary N) is 1. The highest BCUT2D eigenvalue weighted by Gasteiger charge is 2.18. The van der Waals surface area contributed by atoms with Crippen molar-refractivity contribution in [2.24, 2.45) is 0 Å². The van der Waals surface area contributed by atoms with Crippen molar-refractivity contribution in [1.82, 2.24) is 5.32 Å². The molecule has 0 radical (unpaired) electrons. The molecule has 0 aliphatic rings. The smallest absolute Gasteiger partial charge is 0.122 e. The summed E-state index contributed by atoms with van der Waals surface area (Å²) < 4.78 is 11.0. The zero-order chi connectivity index (χ0) is 21.3. The van der Waals surface area contributed by atoms with Crippen LogP contribution < -0.4 is 19.7 Å². The van der Waals surface area contributed by atoms with Gasteiger partial charge in [0.05, 0.1) is 14.2 Å². The van der Waals surface area contributed by atoms with Crippen LogP contribution in [0.2, 0.25) is 0 Å². The van der Waals surface area contributed by atoms with E-state index in [9.17, 15) is 0 Å². The Bertz CT molecular complexity index is 905. The van der Waals surface area contributed by atoms with E-state index >= 15 is 0 Å². The van der Waals surface area contributed by atoms with Gasteiger partial charge in [-0.15, -0.1) is 0 Å². The van der Waals surface area contributed by atoms with E-state index < -0.39 is 0 Å². The Morgan fingerprint density at radius 1 is 0.833 bits per heavy atom. The Morgan fingerprint density at radius 2 is 1.53 bits per heavy atom. The number of para-hydroxylation sites is 1. The quantitative estimate of drug-likeness (QED) is 0.478. The van der Waals surface area contributed by atoms with Gasteiger partial charge in [-0.05, 0) is 54.4 Å². The lowest BCUT2D eigenvalue weighted by atomic mass is 9.88. The molecule has 1 N–H and O–H groups in total. The van der Waals surface area contributed by atoms with E-state index in [4.69, 9.17) is 9.47 Å². The molecule has 158 valence electrons. The highest BCUT2D eigenvalue weighted by Crippen LogP contribution is 2.34. The number of methoxy groups -OCH3 is 2. The predicted octanol–water partition coefficient (Wildman–Crippen LogP) is 5.08. The van der Waals surface area contributed by atoms with Crippen LogP contribution in [-0.4, -0.2) is 34.9 Å². The lowest BCUT2D eigenvalue weighted by Gasteiger charge is -2.21. The molecule has 0 fully saturated rings. The van der Waals surface area contributed by atoms with Gasteiger partial charge in [-0.25, -0.2) is 0 Å². The van der Waals surface area contributed by atoms with Crippen LogP contribution in [0.4, 0.5) is 5.69 Å². The van der Waals surface area contributed by atoms with Crippen LogP contribution in [-0.2, 0) is 6.54 Å². The standard InChI is InChI=1S/C26H32N2O2/c1-28(2)22-13-9-20(10-14-22)19-27-18-17-24(21-11-15-23(29-3)16-12-21)25-7-5-6-8-26(25)30-4/h5-16,24,27H,17-19H2,1-4H3/t24-/m1/s1. The molecule has 3 aromatic rings. The van der Waals surface area contributed by atoms with Gasteiger partial charge in [-0.1, -0.05) is 42.5 Å². The zero-order valence-corrected chi connectivity index (χ0v) is 18.4. The van der Waals surface area contributed by atoms with E-state index in [-0.39, 0.29) is 5.92 Å². The van der Waals surface area contributed by atoms with Gasteiger partial charge in [0.25, 0.3) is 0 Å². The van der Waals surface area contributed by atoms with Gasteiger partial charge >= 0.3 is 0 Å². The predicted molar refractivity (Wildman–Crippen MR) is 125 cm³/mol. The van der Waals surface area contributed by atoms with E-state index in [0.29, 0.717) is 0 Å². The maximum atomic E-state index is 5.65. The fourth-order valence-electron chi connectivity index (χ4n) is 3.68. The minimum absolute atomic E-state index is 0.246. The monoisotopic (exact) mass is 404 g/mol. The van der Waals surface area contributed by atoms with Crippen molar-refractivity contribution in [2.75, 3.05) is 39.8 Å². The van der Waals surface area contributed by atoms with Crippen LogP contribution in [0.3, 0.4) is 0 Å². The molecule has 0 amide bonds. The summed E-state index contributed by atoms with van der Waals surface area (Å²) in [7, 11) is 7.55. The van der Waals surface area contributed by atoms with Gasteiger partial charge in [0.2, 0.25) is 0 Å². The van der Waals surface area contributed by atoms with Crippen LogP contribution in [0, 0.1) is 0 Å². The fourth-order valence-corrected chi connectivity index (χ4v) is 3.68. The lowest BCUT2D eigenvalue weighted by molar-refractivity contribution is 0.406. The van der Waals surface area contributed by atoms with E-state index in [1.54, 1.807) is 14.2 Å². The molecule has 0 aromatic heterocycles. The number of ether oxygens (including phenoxy) is 2. The number of anilines is 1. The molecule has 4 nitrogen and oxygen atoms in total. The molecule has 30 heavy (non-hydrogen) atoms. The molecule has 0 spiro atoms. The summed E-state index contributed by atoms with van der Waals surface area (Å²) in [5.74, 6) is 2.05. The number of nitrogens with zero attached hydrogens (tertiary/aromatic N) is 1. The van der Waals surface area contributed by atoms with E-state index in [1.165, 1.54) is 22.4 Å². The summed E-state index contributed by atoms with van der Waals surface area (Å²) in [4.78, 5) is 2.11. The third kappa shape index (κ3) is 5.55. The molecule has 0 aliphatic heterocycles. The number of rotatable bonds is 10. The summed E-state index contributed by atoms with van der Waals surface area (Å²) in [6.45, 7) is 1.76. The van der Waals surface area contributed by atoms with Gasteiger partial charge < -0.3 is 19.7 Å². The lowest BCUT2D eigenvalue weighted by Crippen LogP contribution is -2.18. The molecule has 0 bridgehead atoms. The van der Waals surface area contributed by atoms with Crippen molar-refractivity contribution >= 4 is 5.69 Å². The topological polar surface area (TPSA) is 33.7 Å². The first-order valence-electron chi connectivity index (χ1n) is 10.4. The molecule has 0 unspecified atom stereocenters. The zero-order valence-electron chi connectivity index (χ0n) is 18.4. The SMILES string of the molecule is COc1ccc([C@@H](CCNCc2ccc(N(C)C)cc2)c2ccccc2OC)cc1. The van der Waals surface area contributed by atoms with Crippen molar-refractivity contribution in [3.8, 4) is 11.5 Å². The average Bonchev–Trinajstić information content (AvgIpc) is 2.79. The maximum absolute atomic E-state index is 5.65. The molecule has 3 rings (SSSR count). The Balaban J connectivity index is 1.69. The largest absolute Gasteiger partial charge is 0.497 e. The Labute approximate surface area is 180 Å². The third-order valence-electron chi connectivity index (χ3n) is 5.42. The van der Waals surface area contributed by atoms with E-state index in [1.807, 2.05) is 24.3 Å². The molecule has 0 aliphatic carbocycles. The molecule has 0 saturated carbocycles. The number of hydrogen-bond acceptors (Lipinski definition) is 4. The second-order valence-electron chi connectivity index (χ2n) is 7.59. The van der Waals surface area contributed by atoms with Crippen LogP contribution in [0.25, 0.3) is 0 Å². The van der Waals surface area contributed by atoms with Gasteiger partial charge in [0, 0.05) is 37.8 Å². The minimum atomic E-state index is 0.246. The Morgan fingerprint density at radius 3 is 2.17 bits per heavy atom. The van der Waals surface area contributed by atoms with Crippen molar-refractivity contribution in [2.45, 2.75) is 18.9 Å². The fraction of sp³-hybridized carbons (Fsp3) is 0.308. The summed E-state index contributed by atoms with van der Waals surface area (Å²) in [6.07, 6.45) is 0.975. The van der Waals surface area contributed by atoms with Crippen LogP contribution in [0.1, 0.15) is 29.0 Å². The second-order valence-corrected chi connectivity index (χ2v) is 7.59. The first-order chi connectivity index (χ1) is 14.6. The molecular weight excluding hydrogens is 372 g/mol. The maximum Gasteiger partial charge on any atom is 0.122 e. The summed E-state index contributed by atoms with van der Waals surface area (Å²) in [6, 6.07) is 25.3. The van der Waals surface area contributed by atoms with Gasteiger partial charge in [0.1, 0.15) is 11.5 Å². The summed E-state index contributed by atoms with van der Waals surface area (Å²) >= 11 is 0. The third-order valence-corrected chi connectivity index (χ3v) is 5.42. The molecule has 1 atom stereocenters. The van der Waals surface area contributed by atoms with Gasteiger partial charge in [-0.2, -0.15) is 0 Å². The minimum Gasteiger partial charge on any atom is -0.497 e. The van der Waals surface area contributed by atoms with Gasteiger partial charge in [-0.3, -0.25) is 0 Å². The van der Waals surface area contributed by atoms with Crippen LogP contribution in [0.5, 0.6) is 11.5 Å².